The third kappa shape index (κ3) is 1.58. The molecule has 0 heterocycles. The van der Waals surface area contributed by atoms with Crippen LogP contribution in [-0.4, -0.2) is 3.79 Å². The number of hydrogen-bond acceptors (Lipinski definition) is 1. The van der Waals surface area contributed by atoms with Gasteiger partial charge in [0, 0.05) is 28.2 Å². The Balaban J connectivity index is 2.83. The van der Waals surface area contributed by atoms with E-state index in [0.717, 1.165) is 16.3 Å². The van der Waals surface area contributed by atoms with Crippen LogP contribution in [0.15, 0.2) is 42.5 Å². The van der Waals surface area contributed by atoms with Crippen LogP contribution in [-0.2, 0) is 0 Å². The molecule has 0 aromatic heterocycles. The van der Waals surface area contributed by atoms with E-state index in [4.69, 9.17) is 0 Å². The number of fused-ring (bicyclic) bond motifs is 1. The van der Waals surface area contributed by atoms with Crippen molar-refractivity contribution in [2.24, 2.45) is 0 Å². The maximum absolute atomic E-state index is 11.2. The van der Waals surface area contributed by atoms with Crippen molar-refractivity contribution in [1.29, 1.82) is 0 Å². The Kier molecular flexibility index (Phi) is 2.31. The summed E-state index contributed by atoms with van der Waals surface area (Å²) in [6.45, 7) is 0. The summed E-state index contributed by atoms with van der Waals surface area (Å²) in [6.07, 6.45) is 0. The van der Waals surface area contributed by atoms with E-state index in [0.29, 0.717) is 0 Å². The topological polar surface area (TPSA) is 17.1 Å². The highest BCUT2D eigenvalue weighted by Crippen LogP contribution is 2.20. The van der Waals surface area contributed by atoms with E-state index in [9.17, 15) is 4.79 Å². The zero-order valence-corrected chi connectivity index (χ0v) is 8.99. The largest absolute Gasteiger partial charge is 0.282 e. The molecule has 0 aliphatic carbocycles. The Morgan fingerprint density at radius 3 is 2.46 bits per heavy atom. The first-order valence-electron chi connectivity index (χ1n) is 3.96. The molecule has 0 aliphatic heterocycles. The van der Waals surface area contributed by atoms with E-state index in [1.807, 2.05) is 65.1 Å². The summed E-state index contributed by atoms with van der Waals surface area (Å²) in [7, 11) is 0. The first-order chi connectivity index (χ1) is 6.29. The van der Waals surface area contributed by atoms with Gasteiger partial charge in [0.1, 0.15) is 0 Å². The van der Waals surface area contributed by atoms with E-state index in [-0.39, 0.29) is 3.79 Å². The predicted molar refractivity (Wildman–Crippen MR) is 62.3 cm³/mol. The van der Waals surface area contributed by atoms with Crippen molar-refractivity contribution in [1.82, 2.24) is 0 Å². The van der Waals surface area contributed by atoms with Crippen molar-refractivity contribution in [2.75, 3.05) is 0 Å². The van der Waals surface area contributed by atoms with Gasteiger partial charge in [-0.2, -0.15) is 0 Å². The molecular formula is C11H7IO. The number of halogens is 1. The Bertz CT molecular complexity index is 457. The van der Waals surface area contributed by atoms with E-state index in [1.54, 1.807) is 0 Å². The average molecular weight is 282 g/mol. The zero-order valence-electron chi connectivity index (χ0n) is 6.83. The van der Waals surface area contributed by atoms with E-state index >= 15 is 0 Å². The van der Waals surface area contributed by atoms with Crippen LogP contribution in [0.25, 0.3) is 10.8 Å². The second-order valence-electron chi connectivity index (χ2n) is 2.80. The van der Waals surface area contributed by atoms with Crippen LogP contribution in [0.2, 0.25) is 0 Å². The minimum atomic E-state index is 0.0920. The molecule has 0 unspecified atom stereocenters. The van der Waals surface area contributed by atoms with Gasteiger partial charge in [0.05, 0.1) is 0 Å². The van der Waals surface area contributed by atoms with Crippen LogP contribution in [0, 0.1) is 0 Å². The molecule has 0 fully saturated rings. The fourth-order valence-corrected chi connectivity index (χ4v) is 1.87. The Hall–Kier alpha value is -0.900. The van der Waals surface area contributed by atoms with Crippen LogP contribution in [0.3, 0.4) is 0 Å². The molecule has 0 N–H and O–H groups in total. The van der Waals surface area contributed by atoms with E-state index in [1.165, 1.54) is 0 Å². The van der Waals surface area contributed by atoms with Gasteiger partial charge in [-0.15, -0.1) is 0 Å². The Morgan fingerprint density at radius 1 is 1.00 bits per heavy atom. The summed E-state index contributed by atoms with van der Waals surface area (Å²) in [5.41, 5.74) is 0.790. The third-order valence-electron chi connectivity index (χ3n) is 2.00. The summed E-state index contributed by atoms with van der Waals surface area (Å²) in [5, 5.41) is 2.15. The lowest BCUT2D eigenvalue weighted by molar-refractivity contribution is 0.110. The molecule has 2 rings (SSSR count). The molecule has 2 aromatic rings. The predicted octanol–water partition coefficient (Wildman–Crippen LogP) is 3.42. The molecule has 1 nitrogen and oxygen atoms in total. The molecule has 0 atom stereocenters. The normalized spacial score (nSPS) is 10.2. The van der Waals surface area contributed by atoms with Gasteiger partial charge in [0.25, 0.3) is 0 Å². The fourth-order valence-electron chi connectivity index (χ4n) is 1.40. The second-order valence-corrected chi connectivity index (χ2v) is 3.78. The Morgan fingerprint density at radius 2 is 1.69 bits per heavy atom. The van der Waals surface area contributed by atoms with Crippen LogP contribution in [0.5, 0.6) is 0 Å². The lowest BCUT2D eigenvalue weighted by Gasteiger charge is -2.00. The minimum Gasteiger partial charge on any atom is -0.282 e. The van der Waals surface area contributed by atoms with Crippen molar-refractivity contribution >= 4 is 37.2 Å². The summed E-state index contributed by atoms with van der Waals surface area (Å²) in [5.74, 6) is 0. The number of carbonyl (C=O) groups excluding carboxylic acids is 1. The lowest BCUT2D eigenvalue weighted by atomic mass is 10.1. The summed E-state index contributed by atoms with van der Waals surface area (Å²) in [6, 6.07) is 13.7. The molecule has 0 saturated carbocycles. The van der Waals surface area contributed by atoms with Gasteiger partial charge in [-0.1, -0.05) is 36.4 Å². The SMILES string of the molecule is O=C(I)c1cccc2ccccc12. The first kappa shape index (κ1) is 8.69. The molecule has 0 aliphatic rings. The van der Waals surface area contributed by atoms with Gasteiger partial charge in [0.15, 0.2) is 0 Å². The maximum Gasteiger partial charge on any atom is 0.223 e. The number of benzene rings is 2. The van der Waals surface area contributed by atoms with Gasteiger partial charge in [-0.25, -0.2) is 0 Å². The van der Waals surface area contributed by atoms with Crippen molar-refractivity contribution in [3.8, 4) is 0 Å². The second kappa shape index (κ2) is 3.46. The van der Waals surface area contributed by atoms with E-state index in [2.05, 4.69) is 0 Å². The molecule has 0 saturated heterocycles. The van der Waals surface area contributed by atoms with Crippen molar-refractivity contribution in [2.45, 2.75) is 0 Å². The molecule has 2 heteroatoms. The van der Waals surface area contributed by atoms with Crippen LogP contribution in [0.4, 0.5) is 0 Å². The smallest absolute Gasteiger partial charge is 0.223 e. The molecule has 64 valence electrons. The van der Waals surface area contributed by atoms with Crippen molar-refractivity contribution < 1.29 is 4.79 Å². The first-order valence-corrected chi connectivity index (χ1v) is 5.04. The lowest BCUT2D eigenvalue weighted by Crippen LogP contribution is -1.88. The van der Waals surface area contributed by atoms with Gasteiger partial charge in [-0.05, 0) is 16.8 Å². The van der Waals surface area contributed by atoms with Gasteiger partial charge < -0.3 is 0 Å². The monoisotopic (exact) mass is 282 g/mol. The minimum absolute atomic E-state index is 0.0920. The molecular weight excluding hydrogens is 275 g/mol. The van der Waals surface area contributed by atoms with Crippen LogP contribution in [0.1, 0.15) is 10.4 Å². The summed E-state index contributed by atoms with van der Waals surface area (Å²) in [4.78, 5) is 11.2. The van der Waals surface area contributed by atoms with Crippen LogP contribution < -0.4 is 0 Å². The van der Waals surface area contributed by atoms with Gasteiger partial charge >= 0.3 is 0 Å². The number of hydrogen-bond donors (Lipinski definition) is 0. The van der Waals surface area contributed by atoms with Crippen LogP contribution >= 0.6 is 22.6 Å². The maximum atomic E-state index is 11.2. The third-order valence-corrected chi connectivity index (χ3v) is 2.58. The highest BCUT2D eigenvalue weighted by molar-refractivity contribution is 14.1. The zero-order chi connectivity index (χ0) is 9.26. The summed E-state index contributed by atoms with van der Waals surface area (Å²) >= 11 is 1.82. The molecule has 13 heavy (non-hydrogen) atoms. The Labute approximate surface area is 89.9 Å². The number of rotatable bonds is 1. The standard InChI is InChI=1S/C11H7IO/c12-11(13)10-7-3-5-8-4-1-2-6-9(8)10/h1-7H. The molecule has 0 radical (unpaired) electrons. The molecule has 0 bridgehead atoms. The average Bonchev–Trinajstić information content (AvgIpc) is 2.17. The van der Waals surface area contributed by atoms with E-state index < -0.39 is 0 Å². The van der Waals surface area contributed by atoms with Gasteiger partial charge in [-0.3, -0.25) is 4.79 Å². The van der Waals surface area contributed by atoms with Crippen molar-refractivity contribution in [3.05, 3.63) is 48.0 Å². The van der Waals surface area contributed by atoms with Gasteiger partial charge in [0.2, 0.25) is 3.79 Å². The molecule has 0 amide bonds. The summed E-state index contributed by atoms with van der Waals surface area (Å²) < 4.78 is 0.0920. The molecule has 0 spiro atoms. The quantitative estimate of drug-likeness (QED) is 0.578. The highest BCUT2D eigenvalue weighted by atomic mass is 127. The molecule has 2 aromatic carbocycles. The fraction of sp³-hybridized carbons (Fsp3) is 0. The van der Waals surface area contributed by atoms with Crippen molar-refractivity contribution in [3.63, 3.8) is 0 Å². The highest BCUT2D eigenvalue weighted by Gasteiger charge is 2.04. The number of carbonyl (C=O) groups is 1.